The lowest BCUT2D eigenvalue weighted by molar-refractivity contribution is 0.0817. The van der Waals surface area contributed by atoms with Crippen LogP contribution >= 0.6 is 11.6 Å². The molecule has 4 rings (SSSR count). The second-order valence-corrected chi connectivity index (χ2v) is 6.59. The maximum absolute atomic E-state index is 13.1. The molecule has 0 unspecified atom stereocenters. The van der Waals surface area contributed by atoms with Crippen molar-refractivity contribution in [2.75, 3.05) is 14.2 Å². The van der Waals surface area contributed by atoms with Crippen LogP contribution < -0.4 is 9.47 Å². The fraction of sp³-hybridized carbons (Fsp3) is 0.200. The fourth-order valence-corrected chi connectivity index (χ4v) is 3.50. The zero-order valence-electron chi connectivity index (χ0n) is 14.4. The standard InChI is InChI=1S/C20H17ClN2O3/c1-25-18-8-16-17(9-19(18)26-2)22-10-15-7-13(11-23(15)20(16)24)12-4-3-5-14(21)6-12/h3-6,8-11,15H,7H2,1-2H3/t15-/m0/s1. The van der Waals surface area contributed by atoms with E-state index in [0.717, 1.165) is 11.1 Å². The molecule has 1 atom stereocenters. The maximum Gasteiger partial charge on any atom is 0.260 e. The third kappa shape index (κ3) is 2.74. The van der Waals surface area contributed by atoms with Crippen molar-refractivity contribution in [2.24, 2.45) is 4.99 Å². The first-order valence-electron chi connectivity index (χ1n) is 8.20. The number of fused-ring (bicyclic) bond motifs is 2. The first-order chi connectivity index (χ1) is 12.6. The first-order valence-corrected chi connectivity index (χ1v) is 8.58. The van der Waals surface area contributed by atoms with Crippen molar-refractivity contribution in [2.45, 2.75) is 12.5 Å². The van der Waals surface area contributed by atoms with Gasteiger partial charge in [0.1, 0.15) is 0 Å². The molecule has 26 heavy (non-hydrogen) atoms. The number of aliphatic imine (C=N–C) groups is 1. The third-order valence-electron chi connectivity index (χ3n) is 4.63. The molecule has 0 saturated carbocycles. The Morgan fingerprint density at radius 1 is 1.15 bits per heavy atom. The number of rotatable bonds is 3. The average Bonchev–Trinajstić information content (AvgIpc) is 3.04. The SMILES string of the molecule is COc1cc2c(cc1OC)C(=O)N1C=C(c3cccc(Cl)c3)C[C@H]1C=N2. The van der Waals surface area contributed by atoms with Crippen LogP contribution in [0.2, 0.25) is 5.02 Å². The second kappa shape index (κ2) is 6.50. The zero-order valence-corrected chi connectivity index (χ0v) is 15.2. The van der Waals surface area contributed by atoms with Gasteiger partial charge in [0.05, 0.1) is 31.5 Å². The summed E-state index contributed by atoms with van der Waals surface area (Å²) in [6, 6.07) is 10.9. The minimum absolute atomic E-state index is 0.111. The highest BCUT2D eigenvalue weighted by molar-refractivity contribution is 6.30. The van der Waals surface area contributed by atoms with E-state index in [1.165, 1.54) is 0 Å². The fourth-order valence-electron chi connectivity index (χ4n) is 3.31. The van der Waals surface area contributed by atoms with Crippen molar-refractivity contribution in [3.05, 3.63) is 58.7 Å². The van der Waals surface area contributed by atoms with Crippen molar-refractivity contribution >= 4 is 35.0 Å². The van der Waals surface area contributed by atoms with Gasteiger partial charge in [0, 0.05) is 29.9 Å². The van der Waals surface area contributed by atoms with Crippen LogP contribution in [0, 0.1) is 0 Å². The largest absolute Gasteiger partial charge is 0.493 e. The molecule has 0 bridgehead atoms. The highest BCUT2D eigenvalue weighted by Crippen LogP contribution is 2.39. The Hall–Kier alpha value is -2.79. The molecule has 132 valence electrons. The molecule has 0 radical (unpaired) electrons. The number of nitrogens with zero attached hydrogens (tertiary/aromatic N) is 2. The van der Waals surface area contributed by atoms with E-state index in [2.05, 4.69) is 4.99 Å². The van der Waals surface area contributed by atoms with Gasteiger partial charge in [-0.05, 0) is 29.3 Å². The van der Waals surface area contributed by atoms with Gasteiger partial charge in [-0.2, -0.15) is 0 Å². The molecule has 2 aliphatic rings. The summed E-state index contributed by atoms with van der Waals surface area (Å²) in [4.78, 5) is 19.4. The maximum atomic E-state index is 13.1. The normalized spacial score (nSPS) is 18.1. The molecule has 0 fully saturated rings. The van der Waals surface area contributed by atoms with Crippen LogP contribution in [-0.2, 0) is 0 Å². The number of benzene rings is 2. The minimum Gasteiger partial charge on any atom is -0.493 e. The summed E-state index contributed by atoms with van der Waals surface area (Å²) in [5.41, 5.74) is 3.14. The van der Waals surface area contributed by atoms with Crippen LogP contribution in [0.15, 0.2) is 47.6 Å². The number of carbonyl (C=O) groups is 1. The molecular formula is C20H17ClN2O3. The Bertz CT molecular complexity index is 952. The minimum atomic E-state index is -0.124. The Morgan fingerprint density at radius 3 is 2.65 bits per heavy atom. The lowest BCUT2D eigenvalue weighted by atomic mass is 10.0. The number of amides is 1. The molecule has 1 amide bonds. The van der Waals surface area contributed by atoms with E-state index in [4.69, 9.17) is 21.1 Å². The van der Waals surface area contributed by atoms with E-state index < -0.39 is 0 Å². The summed E-state index contributed by atoms with van der Waals surface area (Å²) in [7, 11) is 3.11. The van der Waals surface area contributed by atoms with E-state index in [1.54, 1.807) is 31.3 Å². The van der Waals surface area contributed by atoms with Gasteiger partial charge in [-0.1, -0.05) is 23.7 Å². The molecule has 0 aromatic heterocycles. The average molecular weight is 369 g/mol. The molecule has 6 heteroatoms. The van der Waals surface area contributed by atoms with Gasteiger partial charge in [0.25, 0.3) is 5.91 Å². The van der Waals surface area contributed by atoms with Crippen LogP contribution in [-0.4, -0.2) is 37.3 Å². The van der Waals surface area contributed by atoms with Gasteiger partial charge in [0.15, 0.2) is 11.5 Å². The number of carbonyl (C=O) groups excluding carboxylic acids is 1. The number of hydrogen-bond acceptors (Lipinski definition) is 4. The lowest BCUT2D eigenvalue weighted by Gasteiger charge is -2.18. The smallest absolute Gasteiger partial charge is 0.260 e. The van der Waals surface area contributed by atoms with Crippen molar-refractivity contribution < 1.29 is 14.3 Å². The van der Waals surface area contributed by atoms with Crippen molar-refractivity contribution in [3.8, 4) is 11.5 Å². The van der Waals surface area contributed by atoms with Crippen LogP contribution in [0.5, 0.6) is 11.5 Å². The molecule has 2 aromatic rings. The van der Waals surface area contributed by atoms with Crippen molar-refractivity contribution in [3.63, 3.8) is 0 Å². The highest BCUT2D eigenvalue weighted by Gasteiger charge is 2.33. The number of methoxy groups -OCH3 is 2. The van der Waals surface area contributed by atoms with Gasteiger partial charge in [-0.25, -0.2) is 0 Å². The van der Waals surface area contributed by atoms with Gasteiger partial charge in [0.2, 0.25) is 0 Å². The molecular weight excluding hydrogens is 352 g/mol. The summed E-state index contributed by atoms with van der Waals surface area (Å²) in [6.07, 6.45) is 4.39. The van der Waals surface area contributed by atoms with E-state index in [9.17, 15) is 4.79 Å². The van der Waals surface area contributed by atoms with E-state index in [1.807, 2.05) is 36.7 Å². The summed E-state index contributed by atoms with van der Waals surface area (Å²) in [5, 5.41) is 0.674. The van der Waals surface area contributed by atoms with Gasteiger partial charge in [-0.3, -0.25) is 9.79 Å². The van der Waals surface area contributed by atoms with Gasteiger partial charge < -0.3 is 14.4 Å². The van der Waals surface area contributed by atoms with Crippen molar-refractivity contribution in [1.82, 2.24) is 4.90 Å². The predicted molar refractivity (Wildman–Crippen MR) is 102 cm³/mol. The number of halogens is 1. The van der Waals surface area contributed by atoms with Crippen LogP contribution in [0.25, 0.3) is 5.57 Å². The summed E-state index contributed by atoms with van der Waals surface area (Å²) >= 11 is 6.10. The van der Waals surface area contributed by atoms with Gasteiger partial charge in [-0.15, -0.1) is 0 Å². The van der Waals surface area contributed by atoms with Crippen molar-refractivity contribution in [1.29, 1.82) is 0 Å². The molecule has 2 aromatic carbocycles. The Balaban J connectivity index is 1.74. The molecule has 5 nitrogen and oxygen atoms in total. The van der Waals surface area contributed by atoms with Crippen LogP contribution in [0.4, 0.5) is 5.69 Å². The molecule has 0 N–H and O–H groups in total. The highest BCUT2D eigenvalue weighted by atomic mass is 35.5. The Kier molecular flexibility index (Phi) is 4.17. The van der Waals surface area contributed by atoms with E-state index >= 15 is 0 Å². The van der Waals surface area contributed by atoms with E-state index in [-0.39, 0.29) is 11.9 Å². The first kappa shape index (κ1) is 16.7. The Labute approximate surface area is 156 Å². The summed E-state index contributed by atoms with van der Waals surface area (Å²) in [6.45, 7) is 0. The zero-order chi connectivity index (χ0) is 18.3. The second-order valence-electron chi connectivity index (χ2n) is 6.15. The monoisotopic (exact) mass is 368 g/mol. The summed E-state index contributed by atoms with van der Waals surface area (Å²) in [5.74, 6) is 0.945. The van der Waals surface area contributed by atoms with Crippen LogP contribution in [0.1, 0.15) is 22.3 Å². The number of ether oxygens (including phenoxy) is 2. The van der Waals surface area contributed by atoms with Crippen LogP contribution in [0.3, 0.4) is 0 Å². The Morgan fingerprint density at radius 2 is 1.92 bits per heavy atom. The van der Waals surface area contributed by atoms with E-state index in [0.29, 0.717) is 34.2 Å². The third-order valence-corrected chi connectivity index (χ3v) is 4.86. The quantitative estimate of drug-likeness (QED) is 0.810. The van der Waals surface area contributed by atoms with Gasteiger partial charge >= 0.3 is 0 Å². The molecule has 2 aliphatic heterocycles. The molecule has 0 spiro atoms. The molecule has 0 aliphatic carbocycles. The lowest BCUT2D eigenvalue weighted by Crippen LogP contribution is -2.32. The predicted octanol–water partition coefficient (Wildman–Crippen LogP) is 4.33. The summed E-state index contributed by atoms with van der Waals surface area (Å²) < 4.78 is 10.6. The molecule has 0 saturated heterocycles. The number of hydrogen-bond donors (Lipinski definition) is 0. The topological polar surface area (TPSA) is 51.1 Å². The molecule has 2 heterocycles.